The van der Waals surface area contributed by atoms with Crippen LogP contribution in [0.3, 0.4) is 0 Å². The minimum Gasteiger partial charge on any atom is -0.308 e. The Bertz CT molecular complexity index is 1260. The topological polar surface area (TPSA) is 52.7 Å². The molecule has 174 valence electrons. The van der Waals surface area contributed by atoms with Crippen molar-refractivity contribution in [2.75, 3.05) is 16.8 Å². The Morgan fingerprint density at radius 3 is 2.47 bits per heavy atom. The van der Waals surface area contributed by atoms with Crippen LogP contribution in [0.25, 0.3) is 0 Å². The Hall–Kier alpha value is -2.96. The highest BCUT2D eigenvalue weighted by atomic mass is 35.5. The van der Waals surface area contributed by atoms with Gasteiger partial charge in [0, 0.05) is 27.6 Å². The average Bonchev–Trinajstić information content (AvgIpc) is 3.22. The Balaban J connectivity index is 1.58. The molecule has 5 nitrogen and oxygen atoms in total. The second-order valence-corrected chi connectivity index (χ2v) is 11.8. The van der Waals surface area contributed by atoms with E-state index in [1.807, 2.05) is 73.7 Å². The van der Waals surface area contributed by atoms with Crippen LogP contribution < -0.4 is 10.2 Å². The summed E-state index contributed by atoms with van der Waals surface area (Å²) in [6.45, 7) is 6.97. The number of thioether (sulfide) groups is 1. The van der Waals surface area contributed by atoms with E-state index < -0.39 is 4.87 Å². The number of urea groups is 1. The van der Waals surface area contributed by atoms with Crippen molar-refractivity contribution in [2.24, 2.45) is 0 Å². The average molecular weight is 492 g/mol. The van der Waals surface area contributed by atoms with Crippen molar-refractivity contribution < 1.29 is 9.59 Å². The number of carbonyl (C=O) groups excluding carboxylic acids is 2. The Morgan fingerprint density at radius 2 is 1.76 bits per heavy atom. The summed E-state index contributed by atoms with van der Waals surface area (Å²) in [6.07, 6.45) is 0. The molecule has 1 N–H and O–H groups in total. The quantitative estimate of drug-likeness (QED) is 0.460. The van der Waals surface area contributed by atoms with Crippen LogP contribution in [0.15, 0.2) is 72.8 Å². The third-order valence-corrected chi connectivity index (χ3v) is 8.05. The third kappa shape index (κ3) is 3.85. The summed E-state index contributed by atoms with van der Waals surface area (Å²) in [4.78, 5) is 30.2. The number of halogens is 1. The van der Waals surface area contributed by atoms with Crippen LogP contribution >= 0.6 is 23.4 Å². The van der Waals surface area contributed by atoms with E-state index in [0.717, 1.165) is 22.4 Å². The molecule has 1 fully saturated rings. The molecule has 1 saturated heterocycles. The number of nitrogens with one attached hydrogen (secondary N) is 1. The highest BCUT2D eigenvalue weighted by molar-refractivity contribution is 8.02. The number of hydrogen-bond acceptors (Lipinski definition) is 3. The van der Waals surface area contributed by atoms with Gasteiger partial charge in [-0.3, -0.25) is 9.69 Å². The molecule has 0 unspecified atom stereocenters. The largest absolute Gasteiger partial charge is 0.323 e. The lowest BCUT2D eigenvalue weighted by atomic mass is 10.0. The Labute approximate surface area is 209 Å². The standard InChI is InChI=1S/C27H26ClN3O2S/c1-18-9-12-21(13-10-18)29-25(33)31-17-26(2,3)34-27(31)22-15-20(28)11-14-23(22)30(24(27)32)16-19-7-5-4-6-8-19/h4-15H,16-17H2,1-3H3,(H,29,33)/t27-/m1/s1. The van der Waals surface area contributed by atoms with Crippen LogP contribution in [0.4, 0.5) is 16.2 Å². The molecule has 0 bridgehead atoms. The monoisotopic (exact) mass is 491 g/mol. The van der Waals surface area contributed by atoms with Gasteiger partial charge in [0.2, 0.25) is 0 Å². The van der Waals surface area contributed by atoms with Crippen LogP contribution in [0.2, 0.25) is 5.02 Å². The van der Waals surface area contributed by atoms with E-state index in [9.17, 15) is 9.59 Å². The van der Waals surface area contributed by atoms with Gasteiger partial charge in [-0.25, -0.2) is 4.79 Å². The lowest BCUT2D eigenvalue weighted by molar-refractivity contribution is -0.123. The number of amides is 3. The first-order valence-corrected chi connectivity index (χ1v) is 12.4. The molecule has 5 rings (SSSR count). The van der Waals surface area contributed by atoms with Crippen LogP contribution in [0.1, 0.15) is 30.5 Å². The zero-order valence-electron chi connectivity index (χ0n) is 19.3. The molecule has 2 aliphatic rings. The van der Waals surface area contributed by atoms with Gasteiger partial charge in [-0.1, -0.05) is 59.6 Å². The SMILES string of the molecule is Cc1ccc(NC(=O)N2CC(C)(C)S[C@]23C(=O)N(Cc2ccccc2)c2ccc(Cl)cc23)cc1. The van der Waals surface area contributed by atoms with Gasteiger partial charge in [0.1, 0.15) is 0 Å². The van der Waals surface area contributed by atoms with E-state index in [4.69, 9.17) is 11.6 Å². The van der Waals surface area contributed by atoms with Crippen molar-refractivity contribution in [3.8, 4) is 0 Å². The fourth-order valence-electron chi connectivity index (χ4n) is 4.73. The van der Waals surface area contributed by atoms with E-state index in [1.54, 1.807) is 15.9 Å². The number of anilines is 2. The number of hydrogen-bond donors (Lipinski definition) is 1. The second-order valence-electron chi connectivity index (χ2n) is 9.43. The lowest BCUT2D eigenvalue weighted by Gasteiger charge is -2.33. The maximum atomic E-state index is 14.2. The van der Waals surface area contributed by atoms with E-state index in [1.165, 1.54) is 11.8 Å². The van der Waals surface area contributed by atoms with Crippen molar-refractivity contribution in [3.05, 3.63) is 94.5 Å². The minimum atomic E-state index is -1.19. The van der Waals surface area contributed by atoms with E-state index >= 15 is 0 Å². The molecular formula is C27H26ClN3O2S. The maximum Gasteiger partial charge on any atom is 0.323 e. The molecule has 2 aliphatic heterocycles. The predicted octanol–water partition coefficient (Wildman–Crippen LogP) is 6.41. The normalized spacial score (nSPS) is 20.6. The lowest BCUT2D eigenvalue weighted by Crippen LogP contribution is -2.51. The fraction of sp³-hybridized carbons (Fsp3) is 0.259. The summed E-state index contributed by atoms with van der Waals surface area (Å²) in [7, 11) is 0. The van der Waals surface area contributed by atoms with Gasteiger partial charge < -0.3 is 10.2 Å². The van der Waals surface area contributed by atoms with Crippen LogP contribution in [0.5, 0.6) is 0 Å². The first-order chi connectivity index (χ1) is 16.2. The third-order valence-electron chi connectivity index (χ3n) is 6.22. The Morgan fingerprint density at radius 1 is 1.06 bits per heavy atom. The zero-order valence-corrected chi connectivity index (χ0v) is 20.9. The van der Waals surface area contributed by atoms with Crippen molar-refractivity contribution in [2.45, 2.75) is 36.9 Å². The molecule has 3 aromatic rings. The molecular weight excluding hydrogens is 466 g/mol. The highest BCUT2D eigenvalue weighted by Crippen LogP contribution is 2.60. The number of fused-ring (bicyclic) bond motifs is 2. The first kappa shape index (κ1) is 22.8. The van der Waals surface area contributed by atoms with Gasteiger partial charge in [-0.15, -0.1) is 11.8 Å². The molecule has 0 saturated carbocycles. The molecule has 1 atom stereocenters. The van der Waals surface area contributed by atoms with Gasteiger partial charge in [0.05, 0.1) is 12.2 Å². The van der Waals surface area contributed by atoms with Crippen molar-refractivity contribution in [1.29, 1.82) is 0 Å². The number of nitrogens with zero attached hydrogens (tertiary/aromatic N) is 2. The maximum absolute atomic E-state index is 14.2. The van der Waals surface area contributed by atoms with Crippen LogP contribution in [-0.4, -0.2) is 28.1 Å². The molecule has 1 spiro atoms. The summed E-state index contributed by atoms with van der Waals surface area (Å²) in [5.74, 6) is -0.122. The molecule has 0 radical (unpaired) electrons. The summed E-state index contributed by atoms with van der Waals surface area (Å²) >= 11 is 7.94. The molecule has 0 aromatic heterocycles. The highest BCUT2D eigenvalue weighted by Gasteiger charge is 2.63. The number of benzene rings is 3. The molecule has 7 heteroatoms. The van der Waals surface area contributed by atoms with E-state index in [2.05, 4.69) is 19.2 Å². The summed E-state index contributed by atoms with van der Waals surface area (Å²) in [5.41, 5.74) is 4.37. The molecule has 3 aromatic carbocycles. The van der Waals surface area contributed by atoms with Gasteiger partial charge in [0.15, 0.2) is 4.87 Å². The Kier molecular flexibility index (Phi) is 5.61. The second kappa shape index (κ2) is 8.36. The molecule has 2 heterocycles. The van der Waals surface area contributed by atoms with Crippen molar-refractivity contribution in [3.63, 3.8) is 0 Å². The van der Waals surface area contributed by atoms with Gasteiger partial charge in [0.25, 0.3) is 5.91 Å². The van der Waals surface area contributed by atoms with E-state index in [0.29, 0.717) is 23.8 Å². The molecule has 3 amide bonds. The van der Waals surface area contributed by atoms with Crippen LogP contribution in [-0.2, 0) is 16.2 Å². The summed E-state index contributed by atoms with van der Waals surface area (Å²) in [5, 5.41) is 3.54. The van der Waals surface area contributed by atoms with Gasteiger partial charge >= 0.3 is 6.03 Å². The fourth-order valence-corrected chi connectivity index (χ4v) is 6.62. The summed E-state index contributed by atoms with van der Waals surface area (Å²) < 4.78 is -0.331. The molecule has 34 heavy (non-hydrogen) atoms. The van der Waals surface area contributed by atoms with Gasteiger partial charge in [-0.2, -0.15) is 0 Å². The van der Waals surface area contributed by atoms with E-state index in [-0.39, 0.29) is 16.7 Å². The van der Waals surface area contributed by atoms with Crippen molar-refractivity contribution in [1.82, 2.24) is 4.90 Å². The molecule has 0 aliphatic carbocycles. The summed E-state index contributed by atoms with van der Waals surface area (Å²) in [6, 6.07) is 22.7. The zero-order chi connectivity index (χ0) is 24.1. The van der Waals surface area contributed by atoms with Crippen molar-refractivity contribution >= 4 is 46.7 Å². The predicted molar refractivity (Wildman–Crippen MR) is 139 cm³/mol. The number of carbonyl (C=O) groups is 2. The smallest absolute Gasteiger partial charge is 0.308 e. The minimum absolute atomic E-state index is 0.122. The number of aryl methyl sites for hydroxylation is 1. The van der Waals surface area contributed by atoms with Crippen LogP contribution in [0, 0.1) is 6.92 Å². The first-order valence-electron chi connectivity index (χ1n) is 11.2. The van der Waals surface area contributed by atoms with Gasteiger partial charge in [-0.05, 0) is 56.7 Å². The number of rotatable bonds is 3.